The average Bonchev–Trinajstić information content (AvgIpc) is 3.70. The van der Waals surface area contributed by atoms with Crippen LogP contribution in [0.4, 0.5) is 17.1 Å². The molecule has 0 N–H and O–H groups in total. The molecule has 0 saturated carbocycles. The molecule has 0 radical (unpaired) electrons. The summed E-state index contributed by atoms with van der Waals surface area (Å²) in [6.07, 6.45) is 4.84. The lowest BCUT2D eigenvalue weighted by Crippen LogP contribution is -2.10. The van der Waals surface area contributed by atoms with Gasteiger partial charge in [-0.05, 0) is 120 Å². The summed E-state index contributed by atoms with van der Waals surface area (Å²) in [7, 11) is 0. The third kappa shape index (κ3) is 6.21. The first-order valence-electron chi connectivity index (χ1n) is 20.1. The van der Waals surface area contributed by atoms with Crippen molar-refractivity contribution in [1.29, 1.82) is 0 Å². The molecule has 2 aliphatic rings. The van der Waals surface area contributed by atoms with E-state index >= 15 is 0 Å². The summed E-state index contributed by atoms with van der Waals surface area (Å²) in [5, 5.41) is 2.51. The van der Waals surface area contributed by atoms with Crippen LogP contribution in [0.5, 0.6) is 0 Å². The number of hydrogen-bond acceptors (Lipinski definition) is 1. The molecule has 0 amide bonds. The van der Waals surface area contributed by atoms with Gasteiger partial charge in [0, 0.05) is 27.9 Å². The van der Waals surface area contributed by atoms with Gasteiger partial charge in [0.2, 0.25) is 0 Å². The van der Waals surface area contributed by atoms with Gasteiger partial charge in [-0.1, -0.05) is 185 Å². The fourth-order valence-electron chi connectivity index (χ4n) is 9.12. The van der Waals surface area contributed by atoms with Crippen LogP contribution >= 0.6 is 0 Å². The molecule has 1 nitrogen and oxygen atoms in total. The van der Waals surface area contributed by atoms with Gasteiger partial charge >= 0.3 is 0 Å². The number of benzene rings is 8. The Bertz CT molecular complexity index is 2850. The first kappa shape index (κ1) is 34.8. The fourth-order valence-corrected chi connectivity index (χ4v) is 9.12. The summed E-state index contributed by atoms with van der Waals surface area (Å²) >= 11 is 0. The molecule has 0 aliphatic heterocycles. The lowest BCUT2D eigenvalue weighted by molar-refractivity contribution is 0.683. The highest BCUT2D eigenvalue weighted by molar-refractivity contribution is 5.90. The van der Waals surface area contributed by atoms with Gasteiger partial charge in [0.1, 0.15) is 0 Å². The van der Waals surface area contributed by atoms with Gasteiger partial charge in [0.15, 0.2) is 0 Å². The number of hydrogen-bond donors (Lipinski definition) is 0. The second-order valence-electron chi connectivity index (χ2n) is 16.8. The molecule has 0 bridgehead atoms. The Morgan fingerprint density at radius 3 is 1.16 bits per heavy atom. The van der Waals surface area contributed by atoms with E-state index in [9.17, 15) is 0 Å². The van der Waals surface area contributed by atoms with Crippen LogP contribution in [-0.4, -0.2) is 0 Å². The zero-order valence-corrected chi connectivity index (χ0v) is 33.0. The van der Waals surface area contributed by atoms with Crippen LogP contribution in [0.1, 0.15) is 61.1 Å². The lowest BCUT2D eigenvalue weighted by Gasteiger charge is -2.26. The van der Waals surface area contributed by atoms with Gasteiger partial charge in [-0.15, -0.1) is 0 Å². The minimum absolute atomic E-state index is 0.00160. The Morgan fingerprint density at radius 1 is 0.316 bits per heavy atom. The summed E-state index contributed by atoms with van der Waals surface area (Å²) in [6, 6.07) is 69.1. The van der Waals surface area contributed by atoms with Gasteiger partial charge in [-0.2, -0.15) is 0 Å². The van der Waals surface area contributed by atoms with E-state index in [0.29, 0.717) is 0 Å². The summed E-state index contributed by atoms with van der Waals surface area (Å²) in [5.41, 5.74) is 18.8. The standard InChI is InChI=1S/C56H45N/c1-55(2)36-51(49-13-7-9-15-53(49)55)42-20-17-39(18-21-42)40-23-29-46(30-24-40)57(47-31-25-41(26-32-47)45-22-19-38-11-5-6-12-44(38)35-45)48-33-27-43(28-34-48)52-37-56(3,4)54-16-10-8-14-50(52)54/h5-37H,1-4H3. The van der Waals surface area contributed by atoms with E-state index in [1.807, 2.05) is 0 Å². The van der Waals surface area contributed by atoms with Gasteiger partial charge in [0.25, 0.3) is 0 Å². The van der Waals surface area contributed by atoms with Crippen LogP contribution in [0.15, 0.2) is 200 Å². The minimum Gasteiger partial charge on any atom is -0.311 e. The third-order valence-corrected chi connectivity index (χ3v) is 12.1. The number of fused-ring (bicyclic) bond motifs is 3. The Morgan fingerprint density at radius 2 is 0.667 bits per heavy atom. The van der Waals surface area contributed by atoms with Crippen molar-refractivity contribution in [2.45, 2.75) is 38.5 Å². The van der Waals surface area contributed by atoms with Crippen molar-refractivity contribution >= 4 is 39.0 Å². The quantitative estimate of drug-likeness (QED) is 0.158. The van der Waals surface area contributed by atoms with Crippen LogP contribution in [0, 0.1) is 0 Å². The summed E-state index contributed by atoms with van der Waals surface area (Å²) in [5.74, 6) is 0. The van der Waals surface area contributed by atoms with Crippen molar-refractivity contribution in [3.63, 3.8) is 0 Å². The largest absolute Gasteiger partial charge is 0.311 e. The molecule has 0 heterocycles. The molecule has 1 heteroatoms. The van der Waals surface area contributed by atoms with Gasteiger partial charge in [0.05, 0.1) is 0 Å². The van der Waals surface area contributed by atoms with Gasteiger partial charge in [-0.3, -0.25) is 0 Å². The zero-order chi connectivity index (χ0) is 38.7. The lowest BCUT2D eigenvalue weighted by atomic mass is 9.87. The molecule has 0 atom stereocenters. The Kier molecular flexibility index (Phi) is 8.23. The summed E-state index contributed by atoms with van der Waals surface area (Å²) in [6.45, 7) is 9.22. The Hall–Kier alpha value is -6.70. The van der Waals surface area contributed by atoms with Crippen molar-refractivity contribution in [2.24, 2.45) is 0 Å². The van der Waals surface area contributed by atoms with Crippen LogP contribution in [0.3, 0.4) is 0 Å². The van der Waals surface area contributed by atoms with E-state index in [0.717, 1.165) is 17.1 Å². The first-order valence-corrected chi connectivity index (χ1v) is 20.1. The highest BCUT2D eigenvalue weighted by atomic mass is 15.1. The van der Waals surface area contributed by atoms with Crippen LogP contribution in [0.2, 0.25) is 0 Å². The molecule has 0 saturated heterocycles. The van der Waals surface area contributed by atoms with Crippen molar-refractivity contribution < 1.29 is 0 Å². The molecular formula is C56H45N. The van der Waals surface area contributed by atoms with Crippen LogP contribution in [0.25, 0.3) is 44.2 Å². The molecule has 10 rings (SSSR count). The maximum Gasteiger partial charge on any atom is 0.0462 e. The maximum absolute atomic E-state index is 2.42. The number of rotatable bonds is 7. The summed E-state index contributed by atoms with van der Waals surface area (Å²) in [4.78, 5) is 2.37. The van der Waals surface area contributed by atoms with E-state index in [4.69, 9.17) is 0 Å². The molecule has 0 aromatic heterocycles. The highest BCUT2D eigenvalue weighted by Crippen LogP contribution is 2.45. The smallest absolute Gasteiger partial charge is 0.0462 e. The third-order valence-electron chi connectivity index (χ3n) is 12.1. The monoisotopic (exact) mass is 731 g/mol. The van der Waals surface area contributed by atoms with Crippen molar-refractivity contribution in [3.05, 3.63) is 234 Å². The topological polar surface area (TPSA) is 3.24 Å². The first-order chi connectivity index (χ1) is 27.7. The maximum atomic E-state index is 2.42. The van der Waals surface area contributed by atoms with Crippen molar-refractivity contribution in [2.75, 3.05) is 4.90 Å². The SMILES string of the molecule is CC1(C)C=C(c2ccc(-c3ccc(N(c4ccc(C5=CC(C)(C)c6ccccc65)cc4)c4ccc(-c5ccc6ccccc6c5)cc4)cc3)cc2)c2ccccc21. The van der Waals surface area contributed by atoms with Crippen molar-refractivity contribution in [3.8, 4) is 22.3 Å². The van der Waals surface area contributed by atoms with E-state index in [-0.39, 0.29) is 10.8 Å². The Balaban J connectivity index is 0.984. The molecule has 0 unspecified atom stereocenters. The molecule has 0 fully saturated rings. The molecule has 2 aliphatic carbocycles. The van der Waals surface area contributed by atoms with Gasteiger partial charge in [-0.25, -0.2) is 0 Å². The molecule has 0 spiro atoms. The molecule has 8 aromatic carbocycles. The normalized spacial score (nSPS) is 14.8. The molecular weight excluding hydrogens is 687 g/mol. The van der Waals surface area contributed by atoms with E-state index in [1.54, 1.807) is 0 Å². The molecule has 57 heavy (non-hydrogen) atoms. The molecule has 8 aromatic rings. The zero-order valence-electron chi connectivity index (χ0n) is 33.0. The fraction of sp³-hybridized carbons (Fsp3) is 0.107. The van der Waals surface area contributed by atoms with E-state index in [2.05, 4.69) is 233 Å². The average molecular weight is 732 g/mol. The Labute approximate surface area is 336 Å². The van der Waals surface area contributed by atoms with Crippen LogP contribution < -0.4 is 4.90 Å². The second kappa shape index (κ2) is 13.5. The van der Waals surface area contributed by atoms with Crippen molar-refractivity contribution in [1.82, 2.24) is 0 Å². The second-order valence-corrected chi connectivity index (χ2v) is 16.8. The minimum atomic E-state index is 0.00160. The van der Waals surface area contributed by atoms with Crippen LogP contribution in [-0.2, 0) is 10.8 Å². The number of nitrogens with zero attached hydrogens (tertiary/aromatic N) is 1. The highest BCUT2D eigenvalue weighted by Gasteiger charge is 2.31. The predicted octanol–water partition coefficient (Wildman–Crippen LogP) is 15.1. The number of allylic oxidation sites excluding steroid dienone is 2. The summed E-state index contributed by atoms with van der Waals surface area (Å²) < 4.78 is 0. The van der Waals surface area contributed by atoms with E-state index < -0.39 is 0 Å². The van der Waals surface area contributed by atoms with Gasteiger partial charge < -0.3 is 4.90 Å². The van der Waals surface area contributed by atoms with E-state index in [1.165, 1.54) is 77.6 Å². The number of anilines is 3. The predicted molar refractivity (Wildman–Crippen MR) is 243 cm³/mol. The molecule has 274 valence electrons.